The summed E-state index contributed by atoms with van der Waals surface area (Å²) in [6.45, 7) is 1.48. The predicted molar refractivity (Wildman–Crippen MR) is 123 cm³/mol. The number of benzene rings is 2. The molecule has 0 unspecified atom stereocenters. The Morgan fingerprint density at radius 3 is 2.50 bits per heavy atom. The first-order chi connectivity index (χ1) is 13.1. The van der Waals surface area contributed by atoms with Gasteiger partial charge in [-0.15, -0.1) is 24.0 Å². The molecule has 152 valence electrons. The minimum absolute atomic E-state index is 0. The first kappa shape index (κ1) is 23.7. The largest absolute Gasteiger partial charge is 0.497 e. The molecule has 0 aliphatic rings. The maximum absolute atomic E-state index is 10.7. The maximum Gasteiger partial charge on any atom is 0.269 e. The van der Waals surface area contributed by atoms with Gasteiger partial charge in [0.2, 0.25) is 0 Å². The second kappa shape index (κ2) is 12.9. The highest BCUT2D eigenvalue weighted by molar-refractivity contribution is 14.0. The summed E-state index contributed by atoms with van der Waals surface area (Å²) >= 11 is 0. The van der Waals surface area contributed by atoms with E-state index < -0.39 is 0 Å². The molecule has 8 heteroatoms. The van der Waals surface area contributed by atoms with Gasteiger partial charge in [0.25, 0.3) is 5.69 Å². The highest BCUT2D eigenvalue weighted by Crippen LogP contribution is 2.14. The third kappa shape index (κ3) is 8.12. The van der Waals surface area contributed by atoms with Crippen LogP contribution < -0.4 is 15.4 Å². The number of guanidine groups is 1. The molecule has 0 bridgehead atoms. The van der Waals surface area contributed by atoms with Gasteiger partial charge in [-0.05, 0) is 42.5 Å². The van der Waals surface area contributed by atoms with Crippen LogP contribution >= 0.6 is 24.0 Å². The zero-order valence-electron chi connectivity index (χ0n) is 16.2. The molecule has 2 N–H and O–H groups in total. The van der Waals surface area contributed by atoms with Crippen molar-refractivity contribution in [2.45, 2.75) is 25.8 Å². The number of aryl methyl sites for hydroxylation is 1. The number of nitro benzene ring substituents is 1. The predicted octanol–water partition coefficient (Wildman–Crippen LogP) is 3.91. The number of unbranched alkanes of at least 4 members (excludes halogenated alkanes) is 1. The van der Waals surface area contributed by atoms with Crippen LogP contribution in [0.5, 0.6) is 5.75 Å². The van der Waals surface area contributed by atoms with Crippen LogP contribution in [0.25, 0.3) is 0 Å². The van der Waals surface area contributed by atoms with E-state index >= 15 is 0 Å². The summed E-state index contributed by atoms with van der Waals surface area (Å²) in [4.78, 5) is 14.5. The summed E-state index contributed by atoms with van der Waals surface area (Å²) < 4.78 is 5.23. The molecule has 0 amide bonds. The smallest absolute Gasteiger partial charge is 0.269 e. The van der Waals surface area contributed by atoms with Gasteiger partial charge >= 0.3 is 0 Å². The van der Waals surface area contributed by atoms with Crippen LogP contribution in [0.3, 0.4) is 0 Å². The van der Waals surface area contributed by atoms with Gasteiger partial charge in [0.1, 0.15) is 5.75 Å². The second-order valence-corrected chi connectivity index (χ2v) is 6.08. The number of ether oxygens (including phenoxy) is 1. The summed E-state index contributed by atoms with van der Waals surface area (Å²) in [5.41, 5.74) is 2.36. The zero-order chi connectivity index (χ0) is 19.5. The lowest BCUT2D eigenvalue weighted by molar-refractivity contribution is -0.384. The standard InChI is InChI=1S/C20H26N4O3.HI/c1-21-20(23-15-17-7-5-8-19(14-17)27-2)22-13-4-3-6-16-9-11-18(12-10-16)24(25)26;/h5,7-12,14H,3-4,6,13,15H2,1-2H3,(H2,21,22,23);1H. The Bertz CT molecular complexity index is 766. The molecule has 2 rings (SSSR count). The molecule has 0 aliphatic carbocycles. The van der Waals surface area contributed by atoms with Crippen LogP contribution in [-0.4, -0.2) is 31.6 Å². The average Bonchev–Trinajstić information content (AvgIpc) is 2.70. The fraction of sp³-hybridized carbons (Fsp3) is 0.350. The molecule has 0 saturated carbocycles. The molecular weight excluding hydrogens is 471 g/mol. The van der Waals surface area contributed by atoms with Gasteiger partial charge in [0.15, 0.2) is 5.96 Å². The van der Waals surface area contributed by atoms with Crippen LogP contribution in [0.15, 0.2) is 53.5 Å². The van der Waals surface area contributed by atoms with Crippen molar-refractivity contribution in [2.75, 3.05) is 20.7 Å². The average molecular weight is 498 g/mol. The lowest BCUT2D eigenvalue weighted by Crippen LogP contribution is -2.37. The minimum atomic E-state index is -0.377. The van der Waals surface area contributed by atoms with Gasteiger partial charge in [-0.3, -0.25) is 15.1 Å². The van der Waals surface area contributed by atoms with Crippen molar-refractivity contribution in [1.29, 1.82) is 0 Å². The fourth-order valence-corrected chi connectivity index (χ4v) is 2.63. The third-order valence-corrected chi connectivity index (χ3v) is 4.15. The molecule has 0 heterocycles. The SMILES string of the molecule is CN=C(NCCCCc1ccc([N+](=O)[O-])cc1)NCc1cccc(OC)c1.I. The number of nitro groups is 1. The van der Waals surface area contributed by atoms with Crippen molar-refractivity contribution < 1.29 is 9.66 Å². The van der Waals surface area contributed by atoms with Gasteiger partial charge < -0.3 is 15.4 Å². The molecule has 0 radical (unpaired) electrons. The van der Waals surface area contributed by atoms with Crippen LogP contribution in [-0.2, 0) is 13.0 Å². The van der Waals surface area contributed by atoms with Crippen LogP contribution in [0.4, 0.5) is 5.69 Å². The number of aliphatic imine (C=N–C) groups is 1. The van der Waals surface area contributed by atoms with E-state index in [-0.39, 0.29) is 34.6 Å². The van der Waals surface area contributed by atoms with E-state index in [0.29, 0.717) is 6.54 Å². The quantitative estimate of drug-likeness (QED) is 0.137. The van der Waals surface area contributed by atoms with E-state index in [1.807, 2.05) is 36.4 Å². The molecule has 0 spiro atoms. The fourth-order valence-electron chi connectivity index (χ4n) is 2.63. The Morgan fingerprint density at radius 2 is 1.86 bits per heavy atom. The highest BCUT2D eigenvalue weighted by atomic mass is 127. The Balaban J connectivity index is 0.00000392. The monoisotopic (exact) mass is 498 g/mol. The second-order valence-electron chi connectivity index (χ2n) is 6.08. The molecule has 0 aromatic heterocycles. The van der Waals surface area contributed by atoms with Crippen LogP contribution in [0.1, 0.15) is 24.0 Å². The normalized spacial score (nSPS) is 10.7. The number of non-ortho nitro benzene ring substituents is 1. The van der Waals surface area contributed by atoms with E-state index in [1.165, 1.54) is 0 Å². The van der Waals surface area contributed by atoms with Crippen molar-refractivity contribution >= 4 is 35.6 Å². The molecule has 0 atom stereocenters. The zero-order valence-corrected chi connectivity index (χ0v) is 18.5. The third-order valence-electron chi connectivity index (χ3n) is 4.15. The Hall–Kier alpha value is -2.36. The molecular formula is C20H27IN4O3. The van der Waals surface area contributed by atoms with E-state index in [4.69, 9.17) is 4.74 Å². The lowest BCUT2D eigenvalue weighted by atomic mass is 10.1. The van der Waals surface area contributed by atoms with Crippen LogP contribution in [0.2, 0.25) is 0 Å². The number of methoxy groups -OCH3 is 1. The summed E-state index contributed by atoms with van der Waals surface area (Å²) in [6.07, 6.45) is 2.88. The van der Waals surface area contributed by atoms with Gasteiger partial charge in [0.05, 0.1) is 12.0 Å². The van der Waals surface area contributed by atoms with Gasteiger partial charge in [-0.1, -0.05) is 24.3 Å². The van der Waals surface area contributed by atoms with Crippen molar-refractivity contribution in [3.05, 3.63) is 69.8 Å². The van der Waals surface area contributed by atoms with Crippen LogP contribution in [0, 0.1) is 10.1 Å². The topological polar surface area (TPSA) is 88.8 Å². The number of hydrogen-bond donors (Lipinski definition) is 2. The van der Waals surface area contributed by atoms with Crippen molar-refractivity contribution in [2.24, 2.45) is 4.99 Å². The number of hydrogen-bond acceptors (Lipinski definition) is 4. The summed E-state index contributed by atoms with van der Waals surface area (Å²) in [5.74, 6) is 1.59. The Labute approximate surface area is 182 Å². The Kier molecular flexibility index (Phi) is 10.9. The van der Waals surface area contributed by atoms with E-state index in [2.05, 4.69) is 15.6 Å². The molecule has 0 fully saturated rings. The van der Waals surface area contributed by atoms with Crippen molar-refractivity contribution in [1.82, 2.24) is 10.6 Å². The summed E-state index contributed by atoms with van der Waals surface area (Å²) in [6, 6.07) is 14.7. The number of halogens is 1. The molecule has 0 aliphatic heterocycles. The number of rotatable bonds is 9. The van der Waals surface area contributed by atoms with E-state index in [9.17, 15) is 10.1 Å². The molecule has 7 nitrogen and oxygen atoms in total. The summed E-state index contributed by atoms with van der Waals surface area (Å²) in [5, 5.41) is 17.2. The van der Waals surface area contributed by atoms with Crippen molar-refractivity contribution in [3.8, 4) is 5.75 Å². The Morgan fingerprint density at radius 1 is 1.11 bits per heavy atom. The molecule has 0 saturated heterocycles. The molecule has 2 aromatic carbocycles. The van der Waals surface area contributed by atoms with E-state index in [1.54, 1.807) is 26.3 Å². The lowest BCUT2D eigenvalue weighted by Gasteiger charge is -2.12. The number of nitrogens with zero attached hydrogens (tertiary/aromatic N) is 2. The minimum Gasteiger partial charge on any atom is -0.497 e. The first-order valence-electron chi connectivity index (χ1n) is 8.93. The van der Waals surface area contributed by atoms with E-state index in [0.717, 1.165) is 48.6 Å². The molecule has 28 heavy (non-hydrogen) atoms. The first-order valence-corrected chi connectivity index (χ1v) is 8.93. The molecule has 2 aromatic rings. The van der Waals surface area contributed by atoms with Gasteiger partial charge in [-0.2, -0.15) is 0 Å². The van der Waals surface area contributed by atoms with Gasteiger partial charge in [0, 0.05) is 32.3 Å². The highest BCUT2D eigenvalue weighted by Gasteiger charge is 2.04. The van der Waals surface area contributed by atoms with Crippen molar-refractivity contribution in [3.63, 3.8) is 0 Å². The summed E-state index contributed by atoms with van der Waals surface area (Å²) in [7, 11) is 3.40. The van der Waals surface area contributed by atoms with Gasteiger partial charge in [-0.25, -0.2) is 0 Å². The number of nitrogens with one attached hydrogen (secondary N) is 2. The maximum atomic E-state index is 10.7.